The third-order valence-electron chi connectivity index (χ3n) is 2.42. The second-order valence-electron chi connectivity index (χ2n) is 3.62. The van der Waals surface area contributed by atoms with Gasteiger partial charge in [-0.05, 0) is 37.1 Å². The van der Waals surface area contributed by atoms with E-state index in [0.717, 1.165) is 5.56 Å². The lowest BCUT2D eigenvalue weighted by Crippen LogP contribution is -1.83. The Morgan fingerprint density at radius 2 is 2.12 bits per heavy atom. The van der Waals surface area contributed by atoms with Crippen molar-refractivity contribution in [3.63, 3.8) is 0 Å². The molecule has 0 aliphatic rings. The SMILES string of the molecule is Cc1ccc(-c2nnc(SCC#N)o2)cc1C. The molecule has 86 valence electrons. The first-order valence-corrected chi connectivity index (χ1v) is 6.10. The van der Waals surface area contributed by atoms with Gasteiger partial charge in [-0.3, -0.25) is 0 Å². The molecule has 0 radical (unpaired) electrons. The number of hydrogen-bond acceptors (Lipinski definition) is 5. The number of aromatic nitrogens is 2. The summed E-state index contributed by atoms with van der Waals surface area (Å²) in [5, 5.41) is 16.7. The van der Waals surface area contributed by atoms with E-state index in [0.29, 0.717) is 16.9 Å². The maximum absolute atomic E-state index is 8.46. The van der Waals surface area contributed by atoms with Crippen molar-refractivity contribution in [2.75, 3.05) is 5.75 Å². The molecule has 2 aromatic rings. The molecule has 0 atom stereocenters. The van der Waals surface area contributed by atoms with Gasteiger partial charge in [-0.15, -0.1) is 10.2 Å². The Kier molecular flexibility index (Phi) is 3.45. The maximum Gasteiger partial charge on any atom is 0.277 e. The molecule has 0 fully saturated rings. The molecule has 5 heteroatoms. The van der Waals surface area contributed by atoms with E-state index in [1.54, 1.807) is 0 Å². The van der Waals surface area contributed by atoms with E-state index < -0.39 is 0 Å². The molecule has 0 amide bonds. The summed E-state index contributed by atoms with van der Waals surface area (Å²) in [7, 11) is 0. The fourth-order valence-corrected chi connectivity index (χ4v) is 1.78. The highest BCUT2D eigenvalue weighted by molar-refractivity contribution is 7.99. The zero-order valence-electron chi connectivity index (χ0n) is 9.60. The van der Waals surface area contributed by atoms with E-state index in [9.17, 15) is 0 Å². The molecule has 0 unspecified atom stereocenters. The predicted molar refractivity (Wildman–Crippen MR) is 65.5 cm³/mol. The summed E-state index contributed by atoms with van der Waals surface area (Å²) in [5.74, 6) is 0.808. The highest BCUT2D eigenvalue weighted by atomic mass is 32.2. The van der Waals surface area contributed by atoms with Gasteiger partial charge in [0.25, 0.3) is 5.22 Å². The second kappa shape index (κ2) is 5.02. The molecule has 0 bridgehead atoms. The standard InChI is InChI=1S/C12H11N3OS/c1-8-3-4-10(7-9(8)2)11-14-15-12(16-11)17-6-5-13/h3-4,7H,6H2,1-2H3. The Balaban J connectivity index is 2.25. The average molecular weight is 245 g/mol. The molecule has 1 aromatic heterocycles. The lowest BCUT2D eigenvalue weighted by Gasteiger charge is -2.00. The van der Waals surface area contributed by atoms with Crippen LogP contribution in [0.1, 0.15) is 11.1 Å². The molecule has 1 heterocycles. The van der Waals surface area contributed by atoms with Crippen LogP contribution >= 0.6 is 11.8 Å². The topological polar surface area (TPSA) is 62.7 Å². The van der Waals surface area contributed by atoms with E-state index in [1.165, 1.54) is 22.9 Å². The Labute approximate surface area is 104 Å². The number of nitriles is 1. The van der Waals surface area contributed by atoms with Gasteiger partial charge >= 0.3 is 0 Å². The zero-order valence-corrected chi connectivity index (χ0v) is 10.4. The van der Waals surface area contributed by atoms with E-state index in [2.05, 4.69) is 17.1 Å². The summed E-state index contributed by atoms with van der Waals surface area (Å²) < 4.78 is 5.46. The fraction of sp³-hybridized carbons (Fsp3) is 0.250. The van der Waals surface area contributed by atoms with Crippen molar-refractivity contribution in [3.05, 3.63) is 29.3 Å². The smallest absolute Gasteiger partial charge is 0.277 e. The Morgan fingerprint density at radius 3 is 2.82 bits per heavy atom. The molecule has 0 aliphatic carbocycles. The quantitative estimate of drug-likeness (QED) is 0.778. The molecular weight excluding hydrogens is 234 g/mol. The minimum absolute atomic E-state index is 0.314. The van der Waals surface area contributed by atoms with Crippen molar-refractivity contribution in [2.24, 2.45) is 0 Å². The molecule has 1 aromatic carbocycles. The highest BCUT2D eigenvalue weighted by Gasteiger charge is 2.09. The molecule has 17 heavy (non-hydrogen) atoms. The Morgan fingerprint density at radius 1 is 1.29 bits per heavy atom. The van der Waals surface area contributed by atoms with Crippen molar-refractivity contribution in [2.45, 2.75) is 19.1 Å². The monoisotopic (exact) mass is 245 g/mol. The summed E-state index contributed by atoms with van der Waals surface area (Å²) >= 11 is 1.24. The van der Waals surface area contributed by atoms with Gasteiger partial charge in [-0.1, -0.05) is 17.8 Å². The Bertz CT molecular complexity index is 571. The third kappa shape index (κ3) is 2.66. The van der Waals surface area contributed by atoms with Crippen molar-refractivity contribution in [1.29, 1.82) is 5.26 Å². The van der Waals surface area contributed by atoms with Crippen LogP contribution in [-0.4, -0.2) is 16.0 Å². The van der Waals surface area contributed by atoms with Crippen molar-refractivity contribution >= 4 is 11.8 Å². The Hall–Kier alpha value is -1.80. The van der Waals surface area contributed by atoms with Crippen molar-refractivity contribution < 1.29 is 4.42 Å². The summed E-state index contributed by atoms with van der Waals surface area (Å²) in [6.07, 6.45) is 0. The minimum Gasteiger partial charge on any atom is -0.411 e. The lowest BCUT2D eigenvalue weighted by molar-refractivity contribution is 0.466. The van der Waals surface area contributed by atoms with Gasteiger partial charge in [0.2, 0.25) is 5.89 Å². The van der Waals surface area contributed by atoms with Gasteiger partial charge in [0, 0.05) is 5.56 Å². The summed E-state index contributed by atoms with van der Waals surface area (Å²) in [6, 6.07) is 8.01. The molecule has 0 aliphatic heterocycles. The van der Waals surface area contributed by atoms with Crippen LogP contribution in [-0.2, 0) is 0 Å². The zero-order chi connectivity index (χ0) is 12.3. The first-order valence-electron chi connectivity index (χ1n) is 5.11. The molecule has 0 saturated carbocycles. The molecule has 2 rings (SSSR count). The van der Waals surface area contributed by atoms with Gasteiger partial charge in [0.05, 0.1) is 11.8 Å². The molecule has 0 N–H and O–H groups in total. The maximum atomic E-state index is 8.46. The van der Waals surface area contributed by atoms with Gasteiger partial charge in [0.1, 0.15) is 0 Å². The number of nitrogens with zero attached hydrogens (tertiary/aromatic N) is 3. The molecular formula is C12H11N3OS. The summed E-state index contributed by atoms with van der Waals surface area (Å²) in [4.78, 5) is 0. The third-order valence-corrected chi connectivity index (χ3v) is 3.11. The van der Waals surface area contributed by atoms with Crippen LogP contribution < -0.4 is 0 Å². The first kappa shape index (κ1) is 11.7. The normalized spacial score (nSPS) is 10.2. The number of aryl methyl sites for hydroxylation is 2. The van der Waals surface area contributed by atoms with Crippen LogP contribution in [0, 0.1) is 25.2 Å². The van der Waals surface area contributed by atoms with E-state index in [1.807, 2.05) is 31.2 Å². The number of hydrogen-bond donors (Lipinski definition) is 0. The van der Waals surface area contributed by atoms with Gasteiger partial charge in [-0.25, -0.2) is 0 Å². The van der Waals surface area contributed by atoms with E-state index >= 15 is 0 Å². The fourth-order valence-electron chi connectivity index (χ4n) is 1.35. The van der Waals surface area contributed by atoms with Crippen LogP contribution in [0.5, 0.6) is 0 Å². The highest BCUT2D eigenvalue weighted by Crippen LogP contribution is 2.24. The van der Waals surface area contributed by atoms with Crippen LogP contribution in [0.2, 0.25) is 0 Å². The van der Waals surface area contributed by atoms with Gasteiger partial charge in [0.15, 0.2) is 0 Å². The number of thioether (sulfide) groups is 1. The van der Waals surface area contributed by atoms with E-state index in [-0.39, 0.29) is 0 Å². The minimum atomic E-state index is 0.314. The van der Waals surface area contributed by atoms with Crippen LogP contribution in [0.25, 0.3) is 11.5 Å². The van der Waals surface area contributed by atoms with Crippen LogP contribution in [0.3, 0.4) is 0 Å². The van der Waals surface area contributed by atoms with Gasteiger partial charge < -0.3 is 4.42 Å². The number of rotatable bonds is 3. The second-order valence-corrected chi connectivity index (χ2v) is 4.55. The molecule has 4 nitrogen and oxygen atoms in total. The largest absolute Gasteiger partial charge is 0.411 e. The first-order chi connectivity index (χ1) is 8.20. The van der Waals surface area contributed by atoms with Crippen LogP contribution in [0.4, 0.5) is 0 Å². The van der Waals surface area contributed by atoms with Crippen molar-refractivity contribution in [3.8, 4) is 17.5 Å². The summed E-state index contributed by atoms with van der Waals surface area (Å²) in [5.41, 5.74) is 3.32. The predicted octanol–water partition coefficient (Wildman–Crippen LogP) is 2.97. The molecule has 0 saturated heterocycles. The van der Waals surface area contributed by atoms with Crippen molar-refractivity contribution in [1.82, 2.24) is 10.2 Å². The average Bonchev–Trinajstić information content (AvgIpc) is 2.79. The van der Waals surface area contributed by atoms with Crippen LogP contribution in [0.15, 0.2) is 27.8 Å². The molecule has 0 spiro atoms. The number of benzene rings is 1. The van der Waals surface area contributed by atoms with E-state index in [4.69, 9.17) is 9.68 Å². The lowest BCUT2D eigenvalue weighted by atomic mass is 10.1. The summed E-state index contributed by atoms with van der Waals surface area (Å²) in [6.45, 7) is 4.10. The van der Waals surface area contributed by atoms with Gasteiger partial charge in [-0.2, -0.15) is 5.26 Å².